The lowest BCUT2D eigenvalue weighted by Crippen LogP contribution is -2.36. The largest absolute Gasteiger partial charge is 0.456 e. The smallest absolute Gasteiger partial charge is 0.307 e. The summed E-state index contributed by atoms with van der Waals surface area (Å²) in [5, 5.41) is 2.68. The van der Waals surface area contributed by atoms with E-state index in [1.807, 2.05) is 6.92 Å². The number of aryl methyl sites for hydroxylation is 2. The van der Waals surface area contributed by atoms with Gasteiger partial charge in [-0.15, -0.1) is 0 Å². The van der Waals surface area contributed by atoms with Crippen LogP contribution in [0.2, 0.25) is 0 Å². The first-order valence-electron chi connectivity index (χ1n) is 9.46. The van der Waals surface area contributed by atoms with Crippen molar-refractivity contribution >= 4 is 21.9 Å². The van der Waals surface area contributed by atoms with Crippen LogP contribution in [0.15, 0.2) is 11.2 Å². The standard InChI is InChI=1S/C18H32N4O5S/c1-13(2)7-6-8-14(3)20-16(23)12-27-18(24)9-10-19-28(25,26)17-11-22(5)15(4)21-17/h11,13-14,19H,6-10,12H2,1-5H3,(H,20,23). The molecule has 1 aromatic heterocycles. The van der Waals surface area contributed by atoms with Crippen molar-refractivity contribution in [2.75, 3.05) is 13.2 Å². The van der Waals surface area contributed by atoms with Gasteiger partial charge in [0, 0.05) is 25.8 Å². The molecular formula is C18H32N4O5S. The summed E-state index contributed by atoms with van der Waals surface area (Å²) in [4.78, 5) is 27.4. The molecule has 0 aromatic carbocycles. The molecule has 160 valence electrons. The van der Waals surface area contributed by atoms with E-state index in [9.17, 15) is 18.0 Å². The van der Waals surface area contributed by atoms with Gasteiger partial charge in [0.15, 0.2) is 11.6 Å². The van der Waals surface area contributed by atoms with Crippen LogP contribution >= 0.6 is 0 Å². The van der Waals surface area contributed by atoms with Gasteiger partial charge in [0.05, 0.1) is 6.42 Å². The molecule has 0 bridgehead atoms. The summed E-state index contributed by atoms with van der Waals surface area (Å²) in [6.45, 7) is 7.39. The lowest BCUT2D eigenvalue weighted by molar-refractivity contribution is -0.148. The molecule has 0 aliphatic carbocycles. The SMILES string of the molecule is Cc1nc(S(=O)(=O)NCCC(=O)OCC(=O)NC(C)CCCC(C)C)cn1C. The van der Waals surface area contributed by atoms with Gasteiger partial charge in [-0.05, 0) is 26.2 Å². The summed E-state index contributed by atoms with van der Waals surface area (Å²) in [6.07, 6.45) is 4.20. The van der Waals surface area contributed by atoms with Crippen molar-refractivity contribution in [2.45, 2.75) is 64.4 Å². The molecule has 1 heterocycles. The van der Waals surface area contributed by atoms with Gasteiger partial charge in [0.1, 0.15) is 5.82 Å². The molecular weight excluding hydrogens is 384 g/mol. The summed E-state index contributed by atoms with van der Waals surface area (Å²) < 4.78 is 33.0. The second-order valence-electron chi connectivity index (χ2n) is 7.34. The van der Waals surface area contributed by atoms with Crippen LogP contribution in [0.4, 0.5) is 0 Å². The Labute approximate surface area is 167 Å². The predicted octanol–water partition coefficient (Wildman–Crippen LogP) is 1.27. The Balaban J connectivity index is 2.26. The highest BCUT2D eigenvalue weighted by Crippen LogP contribution is 2.08. The average molecular weight is 417 g/mol. The Morgan fingerprint density at radius 2 is 1.93 bits per heavy atom. The summed E-state index contributed by atoms with van der Waals surface area (Å²) in [5.41, 5.74) is 0. The minimum Gasteiger partial charge on any atom is -0.456 e. The van der Waals surface area contributed by atoms with E-state index in [0.717, 1.165) is 19.3 Å². The number of nitrogens with zero attached hydrogens (tertiary/aromatic N) is 2. The van der Waals surface area contributed by atoms with Gasteiger partial charge >= 0.3 is 5.97 Å². The number of sulfonamides is 1. The maximum absolute atomic E-state index is 12.1. The van der Waals surface area contributed by atoms with Gasteiger partial charge < -0.3 is 14.6 Å². The van der Waals surface area contributed by atoms with E-state index >= 15 is 0 Å². The van der Waals surface area contributed by atoms with Crippen molar-refractivity contribution in [2.24, 2.45) is 13.0 Å². The summed E-state index contributed by atoms with van der Waals surface area (Å²) in [5.74, 6) is 0.171. The number of rotatable bonds is 12. The average Bonchev–Trinajstić information content (AvgIpc) is 2.92. The van der Waals surface area contributed by atoms with Crippen molar-refractivity contribution in [3.63, 3.8) is 0 Å². The minimum absolute atomic E-state index is 0.0126. The molecule has 9 nitrogen and oxygen atoms in total. The second kappa shape index (κ2) is 11.2. The first-order valence-corrected chi connectivity index (χ1v) is 10.9. The molecule has 1 unspecified atom stereocenters. The number of ether oxygens (including phenoxy) is 1. The fourth-order valence-corrected chi connectivity index (χ4v) is 3.52. The zero-order valence-electron chi connectivity index (χ0n) is 17.3. The molecule has 0 aliphatic rings. The maximum atomic E-state index is 12.1. The molecule has 28 heavy (non-hydrogen) atoms. The van der Waals surface area contributed by atoms with Crippen LogP contribution in [0.25, 0.3) is 0 Å². The van der Waals surface area contributed by atoms with Crippen LogP contribution in [0.3, 0.4) is 0 Å². The molecule has 1 rings (SSSR count). The molecule has 0 saturated heterocycles. The number of amides is 1. The molecule has 1 atom stereocenters. The van der Waals surface area contributed by atoms with Gasteiger partial charge in [-0.1, -0.05) is 26.7 Å². The Hall–Kier alpha value is -1.94. The molecule has 10 heteroatoms. The van der Waals surface area contributed by atoms with Gasteiger partial charge in [-0.2, -0.15) is 0 Å². The Bertz CT molecular complexity index is 739. The number of hydrogen-bond acceptors (Lipinski definition) is 6. The number of hydrogen-bond donors (Lipinski definition) is 2. The van der Waals surface area contributed by atoms with Crippen LogP contribution in [-0.4, -0.2) is 49.0 Å². The quantitative estimate of drug-likeness (QED) is 0.495. The molecule has 0 fully saturated rings. The first kappa shape index (κ1) is 24.1. The Morgan fingerprint density at radius 1 is 1.25 bits per heavy atom. The highest BCUT2D eigenvalue weighted by molar-refractivity contribution is 7.89. The highest BCUT2D eigenvalue weighted by atomic mass is 32.2. The van der Waals surface area contributed by atoms with Crippen LogP contribution in [0.5, 0.6) is 0 Å². The Kier molecular flexibility index (Phi) is 9.60. The molecule has 0 saturated carbocycles. The van der Waals surface area contributed by atoms with Crippen molar-refractivity contribution < 1.29 is 22.7 Å². The van der Waals surface area contributed by atoms with Gasteiger partial charge in [0.2, 0.25) is 0 Å². The number of carbonyl (C=O) groups excluding carboxylic acids is 2. The highest BCUT2D eigenvalue weighted by Gasteiger charge is 2.19. The first-order chi connectivity index (χ1) is 13.0. The van der Waals surface area contributed by atoms with Crippen molar-refractivity contribution in [3.8, 4) is 0 Å². The van der Waals surface area contributed by atoms with E-state index in [0.29, 0.717) is 11.7 Å². The number of carbonyl (C=O) groups is 2. The van der Waals surface area contributed by atoms with E-state index in [-0.39, 0.29) is 36.5 Å². The zero-order valence-corrected chi connectivity index (χ0v) is 18.1. The molecule has 0 spiro atoms. The lowest BCUT2D eigenvalue weighted by atomic mass is 10.0. The monoisotopic (exact) mass is 416 g/mol. The molecule has 0 radical (unpaired) electrons. The van der Waals surface area contributed by atoms with Crippen molar-refractivity contribution in [1.82, 2.24) is 19.6 Å². The lowest BCUT2D eigenvalue weighted by Gasteiger charge is -2.14. The predicted molar refractivity (Wildman–Crippen MR) is 105 cm³/mol. The third-order valence-electron chi connectivity index (χ3n) is 4.17. The number of imidazole rings is 1. The molecule has 1 aromatic rings. The third kappa shape index (κ3) is 8.83. The number of aromatic nitrogens is 2. The Morgan fingerprint density at radius 3 is 2.50 bits per heavy atom. The fraction of sp³-hybridized carbons (Fsp3) is 0.722. The second-order valence-corrected chi connectivity index (χ2v) is 9.05. The van der Waals surface area contributed by atoms with E-state index in [4.69, 9.17) is 4.74 Å². The fourth-order valence-electron chi connectivity index (χ4n) is 2.46. The van der Waals surface area contributed by atoms with Crippen LogP contribution in [0.1, 0.15) is 52.3 Å². The van der Waals surface area contributed by atoms with Crippen molar-refractivity contribution in [1.29, 1.82) is 0 Å². The van der Waals surface area contributed by atoms with E-state index in [1.54, 1.807) is 18.5 Å². The summed E-state index contributed by atoms with van der Waals surface area (Å²) >= 11 is 0. The van der Waals surface area contributed by atoms with Crippen LogP contribution in [0, 0.1) is 12.8 Å². The van der Waals surface area contributed by atoms with E-state index in [1.165, 1.54) is 6.20 Å². The van der Waals surface area contributed by atoms with Crippen LogP contribution in [-0.2, 0) is 31.4 Å². The van der Waals surface area contributed by atoms with Gasteiger partial charge in [-0.3, -0.25) is 9.59 Å². The molecule has 2 N–H and O–H groups in total. The molecule has 1 amide bonds. The van der Waals surface area contributed by atoms with Crippen LogP contribution < -0.4 is 10.0 Å². The topological polar surface area (TPSA) is 119 Å². The minimum atomic E-state index is -3.79. The number of esters is 1. The zero-order chi connectivity index (χ0) is 21.3. The summed E-state index contributed by atoms with van der Waals surface area (Å²) in [7, 11) is -2.10. The van der Waals surface area contributed by atoms with Gasteiger partial charge in [0.25, 0.3) is 15.9 Å². The third-order valence-corrected chi connectivity index (χ3v) is 5.50. The maximum Gasteiger partial charge on any atom is 0.307 e. The van der Waals surface area contributed by atoms with Crippen molar-refractivity contribution in [3.05, 3.63) is 12.0 Å². The molecule has 0 aliphatic heterocycles. The van der Waals surface area contributed by atoms with E-state index in [2.05, 4.69) is 28.9 Å². The normalized spacial score (nSPS) is 12.8. The summed E-state index contributed by atoms with van der Waals surface area (Å²) in [6, 6.07) is 0.0126. The van der Waals surface area contributed by atoms with E-state index < -0.39 is 16.0 Å². The number of nitrogens with one attached hydrogen (secondary N) is 2. The van der Waals surface area contributed by atoms with Gasteiger partial charge in [-0.25, -0.2) is 18.1 Å².